The van der Waals surface area contributed by atoms with Crippen molar-refractivity contribution in [1.29, 1.82) is 5.26 Å². The van der Waals surface area contributed by atoms with E-state index in [1.807, 2.05) is 13.1 Å². The lowest BCUT2D eigenvalue weighted by molar-refractivity contribution is 0.208. The van der Waals surface area contributed by atoms with Crippen molar-refractivity contribution in [2.75, 3.05) is 20.8 Å². The predicted octanol–water partition coefficient (Wildman–Crippen LogP) is 1.51. The van der Waals surface area contributed by atoms with Gasteiger partial charge in [0.25, 0.3) is 0 Å². The second-order valence-corrected chi connectivity index (χ2v) is 2.53. The predicted molar refractivity (Wildman–Crippen MR) is 48.1 cm³/mol. The zero-order valence-electron chi connectivity index (χ0n) is 7.79. The molecule has 0 N–H and O–H groups in total. The summed E-state index contributed by atoms with van der Waals surface area (Å²) in [5.74, 6) is 0. The third-order valence-electron chi connectivity index (χ3n) is 1.37. The number of nitrogens with zero attached hydrogens (tertiary/aromatic N) is 2. The van der Waals surface area contributed by atoms with Gasteiger partial charge in [-0.15, -0.1) is 0 Å². The summed E-state index contributed by atoms with van der Waals surface area (Å²) in [5.41, 5.74) is 1.47. The smallest absolute Gasteiger partial charge is 0.0959 e. The molecule has 0 fully saturated rings. The van der Waals surface area contributed by atoms with E-state index >= 15 is 0 Å². The van der Waals surface area contributed by atoms with Gasteiger partial charge in [-0.1, -0.05) is 6.58 Å². The van der Waals surface area contributed by atoms with Crippen molar-refractivity contribution < 1.29 is 4.74 Å². The van der Waals surface area contributed by atoms with Crippen LogP contribution in [0.2, 0.25) is 0 Å². The molecule has 0 aliphatic carbocycles. The quantitative estimate of drug-likeness (QED) is 0.594. The number of methoxy groups -OCH3 is 1. The number of hydrogen-bond donors (Lipinski definition) is 0. The van der Waals surface area contributed by atoms with Crippen LogP contribution in [0.1, 0.15) is 6.92 Å². The van der Waals surface area contributed by atoms with Gasteiger partial charge in [-0.2, -0.15) is 5.26 Å². The Bertz CT molecular complexity index is 225. The summed E-state index contributed by atoms with van der Waals surface area (Å²) < 4.78 is 4.89. The Kier molecular flexibility index (Phi) is 4.82. The fraction of sp³-hybridized carbons (Fsp3) is 0.444. The summed E-state index contributed by atoms with van der Waals surface area (Å²) >= 11 is 0. The van der Waals surface area contributed by atoms with E-state index < -0.39 is 0 Å². The third kappa shape index (κ3) is 3.79. The fourth-order valence-corrected chi connectivity index (χ4v) is 0.679. The van der Waals surface area contributed by atoms with Crippen molar-refractivity contribution in [3.63, 3.8) is 0 Å². The first-order valence-electron chi connectivity index (χ1n) is 3.60. The number of rotatable bonds is 4. The Balaban J connectivity index is 4.14. The molecule has 0 bridgehead atoms. The van der Waals surface area contributed by atoms with Gasteiger partial charge in [0, 0.05) is 31.6 Å². The molecule has 0 amide bonds. The number of hydrogen-bond acceptors (Lipinski definition) is 3. The molecule has 3 nitrogen and oxygen atoms in total. The highest BCUT2D eigenvalue weighted by atomic mass is 16.5. The molecule has 12 heavy (non-hydrogen) atoms. The zero-order chi connectivity index (χ0) is 9.56. The number of ether oxygens (including phenoxy) is 1. The van der Waals surface area contributed by atoms with E-state index in [0.29, 0.717) is 12.2 Å². The van der Waals surface area contributed by atoms with E-state index in [9.17, 15) is 0 Å². The normalized spacial score (nSPS) is 10.7. The van der Waals surface area contributed by atoms with Crippen LogP contribution in [-0.4, -0.2) is 25.7 Å². The van der Waals surface area contributed by atoms with Gasteiger partial charge in [-0.3, -0.25) is 0 Å². The van der Waals surface area contributed by atoms with Gasteiger partial charge in [0.15, 0.2) is 0 Å². The minimum Gasteiger partial charge on any atom is -0.379 e. The standard InChI is InChI=1S/C9H14N2O/c1-8(5-10)6-11(3)9(2)7-12-4/h6H,2,7H2,1,3-4H3/b8-6+. The van der Waals surface area contributed by atoms with Gasteiger partial charge in [-0.25, -0.2) is 0 Å². The first-order valence-corrected chi connectivity index (χ1v) is 3.60. The Morgan fingerprint density at radius 2 is 2.33 bits per heavy atom. The van der Waals surface area contributed by atoms with Gasteiger partial charge >= 0.3 is 0 Å². The van der Waals surface area contributed by atoms with Gasteiger partial charge in [0.2, 0.25) is 0 Å². The van der Waals surface area contributed by atoms with Crippen molar-refractivity contribution in [3.8, 4) is 6.07 Å². The second-order valence-electron chi connectivity index (χ2n) is 2.53. The van der Waals surface area contributed by atoms with Crippen LogP contribution in [0.15, 0.2) is 24.0 Å². The molecular formula is C9H14N2O. The molecule has 0 radical (unpaired) electrons. The van der Waals surface area contributed by atoms with Crippen molar-refractivity contribution in [3.05, 3.63) is 24.0 Å². The van der Waals surface area contributed by atoms with Crippen LogP contribution < -0.4 is 0 Å². The van der Waals surface area contributed by atoms with Crippen LogP contribution in [-0.2, 0) is 4.74 Å². The van der Waals surface area contributed by atoms with E-state index in [1.165, 1.54) is 0 Å². The molecule has 0 aliphatic heterocycles. The molecule has 0 atom stereocenters. The van der Waals surface area contributed by atoms with Crippen LogP contribution in [0, 0.1) is 11.3 Å². The monoisotopic (exact) mass is 166 g/mol. The first kappa shape index (κ1) is 10.7. The van der Waals surface area contributed by atoms with E-state index in [2.05, 4.69) is 6.58 Å². The Morgan fingerprint density at radius 1 is 1.75 bits per heavy atom. The fourth-order valence-electron chi connectivity index (χ4n) is 0.679. The van der Waals surface area contributed by atoms with Crippen LogP contribution in [0.25, 0.3) is 0 Å². The van der Waals surface area contributed by atoms with Crippen LogP contribution in [0.3, 0.4) is 0 Å². The maximum absolute atomic E-state index is 8.49. The van der Waals surface area contributed by atoms with Crippen molar-refractivity contribution in [2.24, 2.45) is 0 Å². The maximum atomic E-state index is 8.49. The Morgan fingerprint density at radius 3 is 2.75 bits per heavy atom. The van der Waals surface area contributed by atoms with Crippen molar-refractivity contribution >= 4 is 0 Å². The summed E-state index contributed by atoms with van der Waals surface area (Å²) in [5, 5.41) is 8.49. The lowest BCUT2D eigenvalue weighted by atomic mass is 10.3. The summed E-state index contributed by atoms with van der Waals surface area (Å²) in [6.07, 6.45) is 1.72. The molecular weight excluding hydrogens is 152 g/mol. The van der Waals surface area contributed by atoms with Crippen molar-refractivity contribution in [1.82, 2.24) is 4.90 Å². The minimum absolute atomic E-state index is 0.478. The number of likely N-dealkylation sites (N-methyl/N-ethyl adjacent to an activating group) is 1. The summed E-state index contributed by atoms with van der Waals surface area (Å²) in [7, 11) is 3.45. The molecule has 0 spiro atoms. The first-order chi connectivity index (χ1) is 5.61. The molecule has 0 aromatic carbocycles. The largest absolute Gasteiger partial charge is 0.379 e. The lowest BCUT2D eigenvalue weighted by Gasteiger charge is -2.16. The van der Waals surface area contributed by atoms with Crippen molar-refractivity contribution in [2.45, 2.75) is 6.92 Å². The zero-order valence-corrected chi connectivity index (χ0v) is 7.79. The number of allylic oxidation sites excluding steroid dienone is 1. The van der Waals surface area contributed by atoms with E-state index in [-0.39, 0.29) is 0 Å². The third-order valence-corrected chi connectivity index (χ3v) is 1.37. The highest BCUT2D eigenvalue weighted by molar-refractivity contribution is 5.18. The topological polar surface area (TPSA) is 36.3 Å². The van der Waals surface area contributed by atoms with Gasteiger partial charge < -0.3 is 9.64 Å². The lowest BCUT2D eigenvalue weighted by Crippen LogP contribution is -2.13. The van der Waals surface area contributed by atoms with E-state index in [0.717, 1.165) is 5.70 Å². The summed E-state index contributed by atoms with van der Waals surface area (Å²) in [4.78, 5) is 1.78. The molecule has 3 heteroatoms. The average molecular weight is 166 g/mol. The Hall–Kier alpha value is -1.27. The number of nitriles is 1. The molecule has 0 saturated carbocycles. The second kappa shape index (κ2) is 5.39. The average Bonchev–Trinajstić information content (AvgIpc) is 2.04. The van der Waals surface area contributed by atoms with Crippen LogP contribution in [0.4, 0.5) is 0 Å². The molecule has 0 heterocycles. The summed E-state index contributed by atoms with van der Waals surface area (Å²) in [6, 6.07) is 2.03. The highest BCUT2D eigenvalue weighted by Crippen LogP contribution is 2.01. The maximum Gasteiger partial charge on any atom is 0.0959 e. The summed E-state index contributed by atoms with van der Waals surface area (Å²) in [6.45, 7) is 6.00. The van der Waals surface area contributed by atoms with E-state index in [4.69, 9.17) is 10.00 Å². The highest BCUT2D eigenvalue weighted by Gasteiger charge is 1.97. The van der Waals surface area contributed by atoms with Gasteiger partial charge in [0.05, 0.1) is 12.7 Å². The van der Waals surface area contributed by atoms with Gasteiger partial charge in [-0.05, 0) is 6.92 Å². The SMILES string of the molecule is C=C(COC)N(C)/C=C(\C)C#N. The molecule has 0 unspecified atom stereocenters. The van der Waals surface area contributed by atoms with Gasteiger partial charge in [0.1, 0.15) is 0 Å². The molecule has 0 saturated heterocycles. The van der Waals surface area contributed by atoms with Crippen LogP contribution >= 0.6 is 0 Å². The van der Waals surface area contributed by atoms with E-state index in [1.54, 1.807) is 25.1 Å². The van der Waals surface area contributed by atoms with Crippen LogP contribution in [0.5, 0.6) is 0 Å². The molecule has 0 aromatic heterocycles. The minimum atomic E-state index is 0.478. The Labute approximate surface area is 73.5 Å². The molecule has 0 rings (SSSR count). The molecule has 0 aliphatic rings. The molecule has 66 valence electrons. The molecule has 0 aromatic rings.